The molecule has 3 nitrogen and oxygen atoms in total. The molecule has 1 aliphatic carbocycles. The Bertz CT molecular complexity index is 733. The van der Waals surface area contributed by atoms with E-state index in [0.29, 0.717) is 12.1 Å². The van der Waals surface area contributed by atoms with Gasteiger partial charge in [0, 0.05) is 28.3 Å². The third-order valence-corrected chi connectivity index (χ3v) is 6.05. The van der Waals surface area contributed by atoms with Gasteiger partial charge < -0.3 is 5.32 Å². The molecule has 3 rings (SSSR count). The Balaban J connectivity index is 1.43. The van der Waals surface area contributed by atoms with E-state index in [4.69, 9.17) is 0 Å². The Morgan fingerprint density at radius 1 is 1.19 bits per heavy atom. The lowest BCUT2D eigenvalue weighted by Crippen LogP contribution is -2.24. The van der Waals surface area contributed by atoms with Crippen LogP contribution in [0.2, 0.25) is 0 Å². The number of benzene rings is 1. The summed E-state index contributed by atoms with van der Waals surface area (Å²) in [6, 6.07) is 5.46. The molecule has 8 heteroatoms. The Hall–Kier alpha value is -1.54. The first-order valence-electron chi connectivity index (χ1n) is 8.52. The predicted octanol–water partition coefficient (Wildman–Crippen LogP) is 5.00. The van der Waals surface area contributed by atoms with Crippen molar-refractivity contribution in [1.82, 2.24) is 10.3 Å². The molecular formula is C18H19F3N2OS2. The van der Waals surface area contributed by atoms with Gasteiger partial charge in [-0.05, 0) is 68.1 Å². The second-order valence-corrected chi connectivity index (χ2v) is 8.42. The number of hydrogen-bond donors (Lipinski definition) is 1. The Labute approximate surface area is 158 Å². The van der Waals surface area contributed by atoms with Crippen LogP contribution in [0.5, 0.6) is 0 Å². The molecule has 1 amide bonds. The second kappa shape index (κ2) is 8.43. The summed E-state index contributed by atoms with van der Waals surface area (Å²) in [5, 5.41) is 3.93. The smallest absolute Gasteiger partial charge is 0.352 e. The van der Waals surface area contributed by atoms with Crippen molar-refractivity contribution in [2.45, 2.75) is 48.9 Å². The van der Waals surface area contributed by atoms with Gasteiger partial charge in [-0.1, -0.05) is 0 Å². The maximum absolute atomic E-state index is 12.3. The van der Waals surface area contributed by atoms with Crippen molar-refractivity contribution in [3.8, 4) is 0 Å². The Kier molecular flexibility index (Phi) is 6.24. The average molecular weight is 400 g/mol. The molecule has 0 atom stereocenters. The van der Waals surface area contributed by atoms with Crippen LogP contribution in [-0.4, -0.2) is 22.9 Å². The third-order valence-electron chi connectivity index (χ3n) is 4.09. The minimum Gasteiger partial charge on any atom is -0.352 e. The van der Waals surface area contributed by atoms with E-state index in [2.05, 4.69) is 10.3 Å². The first kappa shape index (κ1) is 19.2. The minimum absolute atomic E-state index is 0.0711. The molecule has 0 saturated carbocycles. The van der Waals surface area contributed by atoms with Crippen LogP contribution in [0.4, 0.5) is 13.2 Å². The van der Waals surface area contributed by atoms with Crippen molar-refractivity contribution in [3.63, 3.8) is 0 Å². The van der Waals surface area contributed by atoms with Crippen LogP contribution in [-0.2, 0) is 19.3 Å². The van der Waals surface area contributed by atoms with Crippen LogP contribution in [0, 0.1) is 0 Å². The second-order valence-electron chi connectivity index (χ2n) is 6.12. The summed E-state index contributed by atoms with van der Waals surface area (Å²) in [7, 11) is 0. The van der Waals surface area contributed by atoms with E-state index in [-0.39, 0.29) is 22.6 Å². The fraction of sp³-hybridized carbons (Fsp3) is 0.444. The van der Waals surface area contributed by atoms with E-state index in [1.807, 2.05) is 0 Å². The molecule has 0 spiro atoms. The number of alkyl halides is 3. The zero-order valence-electron chi connectivity index (χ0n) is 14.1. The number of fused-ring (bicyclic) bond motifs is 1. The summed E-state index contributed by atoms with van der Waals surface area (Å²) in [5.41, 5.74) is -2.71. The van der Waals surface area contributed by atoms with Crippen molar-refractivity contribution >= 4 is 29.0 Å². The normalized spacial score (nSPS) is 14.1. The van der Waals surface area contributed by atoms with Gasteiger partial charge in [0.1, 0.15) is 0 Å². The number of nitrogens with zero attached hydrogens (tertiary/aromatic N) is 1. The molecule has 0 fully saturated rings. The highest BCUT2D eigenvalue weighted by molar-refractivity contribution is 8.00. The van der Waals surface area contributed by atoms with Crippen LogP contribution in [0.25, 0.3) is 0 Å². The van der Waals surface area contributed by atoms with E-state index in [0.717, 1.165) is 30.7 Å². The highest BCUT2D eigenvalue weighted by atomic mass is 32.2. The predicted molar refractivity (Wildman–Crippen MR) is 97.8 cm³/mol. The summed E-state index contributed by atoms with van der Waals surface area (Å²) in [4.78, 5) is 18.2. The number of aromatic nitrogens is 1. The molecule has 26 heavy (non-hydrogen) atoms. The number of thioether (sulfide) groups is 1. The average Bonchev–Trinajstić information content (AvgIpc) is 3.00. The minimum atomic E-state index is -4.32. The number of carbonyl (C=O) groups excluding carboxylic acids is 1. The van der Waals surface area contributed by atoms with Crippen molar-refractivity contribution in [2.75, 3.05) is 6.54 Å². The van der Waals surface area contributed by atoms with Crippen LogP contribution >= 0.6 is 23.1 Å². The van der Waals surface area contributed by atoms with E-state index in [9.17, 15) is 18.0 Å². The lowest BCUT2D eigenvalue weighted by molar-refractivity contribution is -0.0328. The van der Waals surface area contributed by atoms with E-state index < -0.39 is 5.51 Å². The number of halogens is 3. The molecule has 1 aliphatic rings. The molecule has 0 unspecified atom stereocenters. The molecule has 140 valence electrons. The van der Waals surface area contributed by atoms with Crippen molar-refractivity contribution < 1.29 is 18.0 Å². The first-order valence-corrected chi connectivity index (χ1v) is 10.2. The van der Waals surface area contributed by atoms with Gasteiger partial charge in [-0.2, -0.15) is 13.2 Å². The Morgan fingerprint density at radius 3 is 2.62 bits per heavy atom. The van der Waals surface area contributed by atoms with E-state index in [1.165, 1.54) is 47.7 Å². The Morgan fingerprint density at radius 2 is 1.92 bits per heavy atom. The summed E-state index contributed by atoms with van der Waals surface area (Å²) in [6.45, 7) is 0.516. The van der Waals surface area contributed by atoms with Crippen LogP contribution in [0.1, 0.15) is 45.2 Å². The zero-order valence-corrected chi connectivity index (χ0v) is 15.7. The van der Waals surface area contributed by atoms with Gasteiger partial charge in [-0.25, -0.2) is 4.98 Å². The third kappa shape index (κ3) is 5.48. The molecule has 1 N–H and O–H groups in total. The number of carbonyl (C=O) groups is 1. The topological polar surface area (TPSA) is 42.0 Å². The van der Waals surface area contributed by atoms with Gasteiger partial charge in [0.2, 0.25) is 0 Å². The fourth-order valence-corrected chi connectivity index (χ4v) is 4.60. The maximum Gasteiger partial charge on any atom is 0.446 e. The van der Waals surface area contributed by atoms with Gasteiger partial charge in [0.25, 0.3) is 5.91 Å². The molecule has 1 heterocycles. The van der Waals surface area contributed by atoms with Gasteiger partial charge in [-0.15, -0.1) is 11.3 Å². The van der Waals surface area contributed by atoms with E-state index >= 15 is 0 Å². The number of thiazole rings is 1. The molecule has 0 bridgehead atoms. The molecule has 2 aromatic rings. The molecule has 0 aliphatic heterocycles. The number of aryl methyl sites for hydroxylation is 3. The van der Waals surface area contributed by atoms with E-state index in [1.54, 1.807) is 11.3 Å². The molecule has 0 saturated heterocycles. The highest BCUT2D eigenvalue weighted by Crippen LogP contribution is 2.36. The quantitative estimate of drug-likeness (QED) is 0.548. The number of hydrogen-bond acceptors (Lipinski definition) is 4. The molecular weight excluding hydrogens is 381 g/mol. The lowest BCUT2D eigenvalue weighted by Gasteiger charge is -2.07. The zero-order chi connectivity index (χ0) is 18.6. The summed E-state index contributed by atoms with van der Waals surface area (Å²) < 4.78 is 36.9. The molecule has 1 aromatic heterocycles. The summed E-state index contributed by atoms with van der Waals surface area (Å²) in [6.07, 6.45) is 6.29. The standard InChI is InChI=1S/C18H19F3N2OS2/c19-18(20,21)26-13-9-7-12(8-10-13)17(24)22-11-3-6-16-23-14-4-1-2-5-15(14)25-16/h7-10H,1-6,11H2,(H,22,24). The van der Waals surface area contributed by atoms with Crippen molar-refractivity contribution in [1.29, 1.82) is 0 Å². The maximum atomic E-state index is 12.3. The lowest BCUT2D eigenvalue weighted by atomic mass is 10.0. The number of nitrogens with one attached hydrogen (secondary N) is 1. The first-order chi connectivity index (χ1) is 12.4. The van der Waals surface area contributed by atoms with Crippen molar-refractivity contribution in [2.24, 2.45) is 0 Å². The van der Waals surface area contributed by atoms with Crippen molar-refractivity contribution in [3.05, 3.63) is 45.4 Å². The molecule has 1 aromatic carbocycles. The fourth-order valence-electron chi connectivity index (χ4n) is 2.86. The molecule has 0 radical (unpaired) electrons. The van der Waals surface area contributed by atoms with Gasteiger partial charge >= 0.3 is 5.51 Å². The van der Waals surface area contributed by atoms with Crippen LogP contribution < -0.4 is 5.32 Å². The summed E-state index contributed by atoms with van der Waals surface area (Å²) in [5.74, 6) is -0.271. The number of amides is 1. The SMILES string of the molecule is O=C(NCCCc1nc2c(s1)CCCC2)c1ccc(SC(F)(F)F)cc1. The van der Waals surface area contributed by atoms with Crippen LogP contribution in [0.3, 0.4) is 0 Å². The van der Waals surface area contributed by atoms with Gasteiger partial charge in [0.15, 0.2) is 0 Å². The highest BCUT2D eigenvalue weighted by Gasteiger charge is 2.29. The largest absolute Gasteiger partial charge is 0.446 e. The van der Waals surface area contributed by atoms with Gasteiger partial charge in [0.05, 0.1) is 10.7 Å². The number of rotatable bonds is 6. The monoisotopic (exact) mass is 400 g/mol. The van der Waals surface area contributed by atoms with Gasteiger partial charge in [-0.3, -0.25) is 4.79 Å². The van der Waals surface area contributed by atoms with Crippen LogP contribution in [0.15, 0.2) is 29.2 Å². The summed E-state index contributed by atoms with van der Waals surface area (Å²) >= 11 is 1.59.